The molecule has 1 saturated carbocycles. The van der Waals surface area contributed by atoms with Gasteiger partial charge in [-0.05, 0) is 72.5 Å². The molecule has 1 aromatic rings. The van der Waals surface area contributed by atoms with Crippen molar-refractivity contribution in [3.8, 4) is 0 Å². The second kappa shape index (κ2) is 8.06. The second-order valence-electron chi connectivity index (χ2n) is 6.13. The molecule has 1 aliphatic carbocycles. The summed E-state index contributed by atoms with van der Waals surface area (Å²) in [5, 5.41) is 8.14. The van der Waals surface area contributed by atoms with Gasteiger partial charge < -0.3 is 5.32 Å². The quantitative estimate of drug-likeness (QED) is 0.760. The van der Waals surface area contributed by atoms with E-state index < -0.39 is 0 Å². The number of rotatable bonds is 7. The lowest BCUT2D eigenvalue weighted by Gasteiger charge is -2.36. The Morgan fingerprint density at radius 2 is 2.16 bits per heavy atom. The molecule has 2 rings (SSSR count). The van der Waals surface area contributed by atoms with Crippen molar-refractivity contribution < 1.29 is 0 Å². The average molecular weight is 279 g/mol. The summed E-state index contributed by atoms with van der Waals surface area (Å²) in [4.78, 5) is 0. The van der Waals surface area contributed by atoms with Gasteiger partial charge in [-0.25, -0.2) is 0 Å². The predicted molar refractivity (Wildman–Crippen MR) is 85.8 cm³/mol. The Labute approximate surface area is 122 Å². The van der Waals surface area contributed by atoms with Gasteiger partial charge >= 0.3 is 0 Å². The Balaban J connectivity index is 1.93. The van der Waals surface area contributed by atoms with E-state index in [1.807, 2.05) is 11.3 Å². The highest BCUT2D eigenvalue weighted by molar-refractivity contribution is 7.07. The van der Waals surface area contributed by atoms with E-state index in [1.54, 1.807) is 5.56 Å². The molecule has 0 spiro atoms. The molecule has 1 aromatic heterocycles. The molecule has 1 fully saturated rings. The zero-order valence-electron chi connectivity index (χ0n) is 12.5. The van der Waals surface area contributed by atoms with E-state index in [2.05, 4.69) is 36.0 Å². The van der Waals surface area contributed by atoms with E-state index in [4.69, 9.17) is 0 Å². The molecule has 0 aliphatic heterocycles. The third-order valence-corrected chi connectivity index (χ3v) is 5.41. The highest BCUT2D eigenvalue weighted by Crippen LogP contribution is 2.38. The van der Waals surface area contributed by atoms with E-state index in [9.17, 15) is 0 Å². The SMILES string of the molecule is CCCC1CCC(CNCC)C(Cc2ccsc2)C1. The van der Waals surface area contributed by atoms with Crippen molar-refractivity contribution in [1.29, 1.82) is 0 Å². The third-order valence-electron chi connectivity index (χ3n) is 4.68. The van der Waals surface area contributed by atoms with Gasteiger partial charge in [0.1, 0.15) is 0 Å². The number of hydrogen-bond donors (Lipinski definition) is 1. The smallest absolute Gasteiger partial charge is 0.00179 e. The predicted octanol–water partition coefficient (Wildman–Crippen LogP) is 4.73. The molecule has 0 saturated heterocycles. The van der Waals surface area contributed by atoms with Gasteiger partial charge in [0.25, 0.3) is 0 Å². The molecule has 1 nitrogen and oxygen atoms in total. The molecule has 0 radical (unpaired) electrons. The maximum Gasteiger partial charge on any atom is -0.00179 e. The molecule has 3 atom stereocenters. The van der Waals surface area contributed by atoms with Crippen LogP contribution in [0.5, 0.6) is 0 Å². The first-order chi connectivity index (χ1) is 9.33. The summed E-state index contributed by atoms with van der Waals surface area (Å²) in [5.74, 6) is 2.79. The Morgan fingerprint density at radius 3 is 2.84 bits per heavy atom. The molecular formula is C17H29NS. The largest absolute Gasteiger partial charge is 0.317 e. The monoisotopic (exact) mass is 279 g/mol. The summed E-state index contributed by atoms with van der Waals surface area (Å²) in [6, 6.07) is 2.32. The molecule has 108 valence electrons. The zero-order valence-corrected chi connectivity index (χ0v) is 13.3. The van der Waals surface area contributed by atoms with Gasteiger partial charge in [-0.15, -0.1) is 0 Å². The highest BCUT2D eigenvalue weighted by atomic mass is 32.1. The van der Waals surface area contributed by atoms with Gasteiger partial charge in [0.2, 0.25) is 0 Å². The van der Waals surface area contributed by atoms with Crippen molar-refractivity contribution in [1.82, 2.24) is 5.32 Å². The van der Waals surface area contributed by atoms with Crippen LogP contribution >= 0.6 is 11.3 Å². The van der Waals surface area contributed by atoms with E-state index in [0.717, 1.165) is 24.3 Å². The summed E-state index contributed by atoms with van der Waals surface area (Å²) in [5.41, 5.74) is 1.56. The Kier molecular flexibility index (Phi) is 6.39. The Bertz CT molecular complexity index is 333. The first-order valence-corrected chi connectivity index (χ1v) is 8.99. The standard InChI is InChI=1S/C17H29NS/c1-3-5-14-6-7-16(12-18-4-2)17(10-14)11-15-8-9-19-13-15/h8-9,13-14,16-18H,3-7,10-12H2,1-2H3. The molecule has 3 unspecified atom stereocenters. The lowest BCUT2D eigenvalue weighted by molar-refractivity contribution is 0.168. The van der Waals surface area contributed by atoms with Crippen LogP contribution in [0.25, 0.3) is 0 Å². The van der Waals surface area contributed by atoms with Gasteiger partial charge in [0, 0.05) is 0 Å². The van der Waals surface area contributed by atoms with E-state index in [-0.39, 0.29) is 0 Å². The van der Waals surface area contributed by atoms with Crippen molar-refractivity contribution in [3.63, 3.8) is 0 Å². The maximum atomic E-state index is 3.58. The third kappa shape index (κ3) is 4.61. The minimum absolute atomic E-state index is 0.896. The molecule has 1 heterocycles. The van der Waals surface area contributed by atoms with Crippen LogP contribution < -0.4 is 5.32 Å². The van der Waals surface area contributed by atoms with Crippen molar-refractivity contribution in [2.24, 2.45) is 17.8 Å². The van der Waals surface area contributed by atoms with Crippen LogP contribution in [0.2, 0.25) is 0 Å². The van der Waals surface area contributed by atoms with Crippen LogP contribution in [0.15, 0.2) is 16.8 Å². The van der Waals surface area contributed by atoms with Gasteiger partial charge in [0.15, 0.2) is 0 Å². The topological polar surface area (TPSA) is 12.0 Å². The van der Waals surface area contributed by atoms with E-state index >= 15 is 0 Å². The van der Waals surface area contributed by atoms with E-state index in [1.165, 1.54) is 45.1 Å². The molecule has 1 aliphatic rings. The Morgan fingerprint density at radius 1 is 1.26 bits per heavy atom. The van der Waals surface area contributed by atoms with Crippen LogP contribution in [0.3, 0.4) is 0 Å². The van der Waals surface area contributed by atoms with Gasteiger partial charge in [-0.2, -0.15) is 11.3 Å². The second-order valence-corrected chi connectivity index (χ2v) is 6.91. The first kappa shape index (κ1) is 15.1. The zero-order chi connectivity index (χ0) is 13.5. The lowest BCUT2D eigenvalue weighted by Crippen LogP contribution is -2.34. The molecule has 1 N–H and O–H groups in total. The summed E-state index contributed by atoms with van der Waals surface area (Å²) in [7, 11) is 0. The summed E-state index contributed by atoms with van der Waals surface area (Å²) in [6.45, 7) is 6.89. The van der Waals surface area contributed by atoms with Crippen LogP contribution in [-0.2, 0) is 6.42 Å². The molecular weight excluding hydrogens is 250 g/mol. The molecule has 0 bridgehead atoms. The van der Waals surface area contributed by atoms with Crippen LogP contribution in [-0.4, -0.2) is 13.1 Å². The van der Waals surface area contributed by atoms with Crippen LogP contribution in [0.1, 0.15) is 51.5 Å². The average Bonchev–Trinajstić information content (AvgIpc) is 2.91. The minimum atomic E-state index is 0.896. The van der Waals surface area contributed by atoms with Crippen molar-refractivity contribution >= 4 is 11.3 Å². The number of nitrogens with one attached hydrogen (secondary N) is 1. The minimum Gasteiger partial charge on any atom is -0.317 e. The van der Waals surface area contributed by atoms with Gasteiger partial charge in [-0.3, -0.25) is 0 Å². The molecule has 19 heavy (non-hydrogen) atoms. The number of hydrogen-bond acceptors (Lipinski definition) is 2. The highest BCUT2D eigenvalue weighted by Gasteiger charge is 2.29. The van der Waals surface area contributed by atoms with E-state index in [0.29, 0.717) is 0 Å². The van der Waals surface area contributed by atoms with Crippen LogP contribution in [0.4, 0.5) is 0 Å². The fourth-order valence-electron chi connectivity index (χ4n) is 3.65. The Hall–Kier alpha value is -0.340. The molecule has 0 aromatic carbocycles. The summed E-state index contributed by atoms with van der Waals surface area (Å²) >= 11 is 1.84. The van der Waals surface area contributed by atoms with Gasteiger partial charge in [0.05, 0.1) is 0 Å². The molecule has 0 amide bonds. The normalized spacial score (nSPS) is 27.6. The molecule has 2 heteroatoms. The maximum absolute atomic E-state index is 3.58. The lowest BCUT2D eigenvalue weighted by atomic mass is 9.70. The number of thiophene rings is 1. The van der Waals surface area contributed by atoms with Crippen molar-refractivity contribution in [2.45, 2.75) is 52.4 Å². The fourth-order valence-corrected chi connectivity index (χ4v) is 4.34. The summed E-state index contributed by atoms with van der Waals surface area (Å²) in [6.07, 6.45) is 8.46. The van der Waals surface area contributed by atoms with Gasteiger partial charge in [-0.1, -0.05) is 33.1 Å². The van der Waals surface area contributed by atoms with Crippen LogP contribution in [0, 0.1) is 17.8 Å². The van der Waals surface area contributed by atoms with Crippen molar-refractivity contribution in [2.75, 3.05) is 13.1 Å². The fraction of sp³-hybridized carbons (Fsp3) is 0.765. The summed E-state index contributed by atoms with van der Waals surface area (Å²) < 4.78 is 0. The van der Waals surface area contributed by atoms with Crippen molar-refractivity contribution in [3.05, 3.63) is 22.4 Å². The first-order valence-electron chi connectivity index (χ1n) is 8.05.